The molecule has 3 heteroatoms. The van der Waals surface area contributed by atoms with Gasteiger partial charge in [-0.1, -0.05) is 60.7 Å². The van der Waals surface area contributed by atoms with Crippen LogP contribution >= 0.6 is 0 Å². The molecule has 0 aliphatic carbocycles. The van der Waals surface area contributed by atoms with Gasteiger partial charge in [-0.2, -0.15) is 0 Å². The zero-order valence-electron chi connectivity index (χ0n) is 15.5. The number of rotatable bonds is 5. The van der Waals surface area contributed by atoms with Crippen LogP contribution in [0.5, 0.6) is 0 Å². The van der Waals surface area contributed by atoms with E-state index in [1.54, 1.807) is 0 Å². The molecule has 2 aromatic rings. The van der Waals surface area contributed by atoms with Gasteiger partial charge in [-0.3, -0.25) is 4.90 Å². The maximum atomic E-state index is 11.0. The Morgan fingerprint density at radius 3 is 2.48 bits per heavy atom. The molecular formula is C20H26N2O. The SMILES string of the molecule is [2H]C1([2H])[C@@H]([C@@H](O)c2ccccc2)[C@@H](NC)CCN1Cc1ccccc1. The molecule has 0 bridgehead atoms. The number of hydrogen-bond donors (Lipinski definition) is 2. The number of aliphatic hydroxyl groups is 1. The van der Waals surface area contributed by atoms with Crippen LogP contribution in [0.2, 0.25) is 0 Å². The van der Waals surface area contributed by atoms with Gasteiger partial charge in [-0.05, 0) is 31.1 Å². The van der Waals surface area contributed by atoms with E-state index in [0.29, 0.717) is 13.1 Å². The first-order valence-corrected chi connectivity index (χ1v) is 8.23. The van der Waals surface area contributed by atoms with E-state index in [4.69, 9.17) is 2.74 Å². The minimum Gasteiger partial charge on any atom is -0.388 e. The minimum absolute atomic E-state index is 0.0720. The molecule has 0 aromatic heterocycles. The highest BCUT2D eigenvalue weighted by Crippen LogP contribution is 2.30. The summed E-state index contributed by atoms with van der Waals surface area (Å²) in [6.07, 6.45) is -0.0514. The van der Waals surface area contributed by atoms with E-state index < -0.39 is 18.5 Å². The van der Waals surface area contributed by atoms with Crippen molar-refractivity contribution >= 4 is 0 Å². The first kappa shape index (κ1) is 13.7. The van der Waals surface area contributed by atoms with Crippen LogP contribution in [0.4, 0.5) is 0 Å². The van der Waals surface area contributed by atoms with E-state index in [0.717, 1.165) is 17.5 Å². The number of nitrogens with one attached hydrogen (secondary N) is 1. The molecule has 0 spiro atoms. The third kappa shape index (κ3) is 3.99. The largest absolute Gasteiger partial charge is 0.388 e. The highest BCUT2D eigenvalue weighted by molar-refractivity contribution is 5.19. The predicted molar refractivity (Wildman–Crippen MR) is 94.1 cm³/mol. The summed E-state index contributed by atoms with van der Waals surface area (Å²) in [7, 11) is 1.85. The van der Waals surface area contributed by atoms with Crippen molar-refractivity contribution in [3.8, 4) is 0 Å². The number of benzene rings is 2. The minimum atomic E-state index is -1.61. The molecule has 3 atom stereocenters. The Balaban J connectivity index is 1.87. The Labute approximate surface area is 141 Å². The lowest BCUT2D eigenvalue weighted by Crippen LogP contribution is -2.50. The van der Waals surface area contributed by atoms with Gasteiger partial charge in [0, 0.05) is 27.7 Å². The Hall–Kier alpha value is -1.68. The van der Waals surface area contributed by atoms with Gasteiger partial charge in [0.2, 0.25) is 0 Å². The lowest BCUT2D eigenvalue weighted by atomic mass is 9.84. The predicted octanol–water partition coefficient (Wildman–Crippen LogP) is 2.83. The van der Waals surface area contributed by atoms with E-state index in [9.17, 15) is 5.11 Å². The molecule has 0 amide bonds. The number of likely N-dealkylation sites (tertiary alicyclic amines) is 1. The van der Waals surface area contributed by atoms with Gasteiger partial charge in [-0.15, -0.1) is 0 Å². The molecule has 0 unspecified atom stereocenters. The van der Waals surface area contributed by atoms with Gasteiger partial charge in [0.15, 0.2) is 0 Å². The van der Waals surface area contributed by atoms with Gasteiger partial charge in [0.1, 0.15) is 0 Å². The fourth-order valence-electron chi connectivity index (χ4n) is 3.24. The third-order valence-electron chi connectivity index (χ3n) is 4.54. The van der Waals surface area contributed by atoms with Crippen molar-refractivity contribution in [1.29, 1.82) is 0 Å². The Morgan fingerprint density at radius 2 is 1.83 bits per heavy atom. The van der Waals surface area contributed by atoms with Crippen LogP contribution in [0.15, 0.2) is 60.7 Å². The summed E-state index contributed by atoms with van der Waals surface area (Å²) in [6, 6.07) is 19.3. The summed E-state index contributed by atoms with van der Waals surface area (Å²) in [4.78, 5) is 1.85. The molecule has 2 N–H and O–H groups in total. The van der Waals surface area contributed by atoms with Crippen LogP contribution in [0.25, 0.3) is 0 Å². The summed E-state index contributed by atoms with van der Waals surface area (Å²) in [6.45, 7) is -0.412. The zero-order chi connectivity index (χ0) is 17.9. The van der Waals surface area contributed by atoms with Crippen molar-refractivity contribution < 1.29 is 7.85 Å². The van der Waals surface area contributed by atoms with Crippen LogP contribution in [0, 0.1) is 5.92 Å². The average Bonchev–Trinajstić information content (AvgIpc) is 2.64. The molecule has 1 saturated heterocycles. The molecular weight excluding hydrogens is 284 g/mol. The summed E-state index contributed by atoms with van der Waals surface area (Å²) in [5.74, 6) is -0.544. The van der Waals surface area contributed by atoms with Crippen molar-refractivity contribution in [3.05, 3.63) is 71.8 Å². The van der Waals surface area contributed by atoms with E-state index in [2.05, 4.69) is 5.32 Å². The molecule has 122 valence electrons. The zero-order valence-corrected chi connectivity index (χ0v) is 13.5. The normalized spacial score (nSPS) is 27.0. The van der Waals surface area contributed by atoms with Crippen LogP contribution in [-0.2, 0) is 6.54 Å². The second kappa shape index (κ2) is 7.73. The summed E-state index contributed by atoms with van der Waals surface area (Å²) in [5.41, 5.74) is 1.85. The second-order valence-electron chi connectivity index (χ2n) is 6.10. The molecule has 1 fully saturated rings. The molecule has 23 heavy (non-hydrogen) atoms. The summed E-state index contributed by atoms with van der Waals surface area (Å²) < 4.78 is 17.6. The lowest BCUT2D eigenvalue weighted by molar-refractivity contribution is 0.0266. The van der Waals surface area contributed by atoms with Gasteiger partial charge in [0.05, 0.1) is 6.10 Å². The van der Waals surface area contributed by atoms with Crippen LogP contribution < -0.4 is 5.32 Å². The van der Waals surface area contributed by atoms with Gasteiger partial charge in [-0.25, -0.2) is 0 Å². The second-order valence-corrected chi connectivity index (χ2v) is 6.10. The maximum Gasteiger partial charge on any atom is 0.0845 e. The first-order chi connectivity index (χ1) is 12.0. The molecule has 0 saturated carbocycles. The smallest absolute Gasteiger partial charge is 0.0845 e. The molecule has 2 aromatic carbocycles. The first-order valence-electron chi connectivity index (χ1n) is 9.23. The number of hydrogen-bond acceptors (Lipinski definition) is 3. The molecule has 1 aliphatic heterocycles. The van der Waals surface area contributed by atoms with Crippen LogP contribution in [0.1, 0.15) is 26.4 Å². The number of aliphatic hydroxyl groups excluding tert-OH is 1. The molecule has 0 radical (unpaired) electrons. The number of piperidine rings is 1. The third-order valence-corrected chi connectivity index (χ3v) is 4.54. The van der Waals surface area contributed by atoms with E-state index in [1.165, 1.54) is 0 Å². The van der Waals surface area contributed by atoms with Crippen molar-refractivity contribution in [2.45, 2.75) is 25.1 Å². The summed E-state index contributed by atoms with van der Waals surface area (Å²) >= 11 is 0. The standard InChI is InChI=1S/C20H26N2O/c1-21-19-12-13-22(14-16-8-4-2-5-9-16)15-18(19)20(23)17-10-6-3-7-11-17/h2-11,18-21,23H,12-15H2,1H3/t18-,19+,20+/m1/s1/i15D2. The number of nitrogens with zero attached hydrogens (tertiary/aromatic N) is 1. The van der Waals surface area contributed by atoms with Crippen molar-refractivity contribution in [1.82, 2.24) is 10.2 Å². The molecule has 3 nitrogen and oxygen atoms in total. The van der Waals surface area contributed by atoms with E-state index >= 15 is 0 Å². The molecule has 1 aliphatic rings. The Kier molecular flexibility index (Phi) is 4.62. The van der Waals surface area contributed by atoms with Gasteiger partial charge in [0.25, 0.3) is 0 Å². The van der Waals surface area contributed by atoms with Crippen molar-refractivity contribution in [3.63, 3.8) is 0 Å². The van der Waals surface area contributed by atoms with Crippen molar-refractivity contribution in [2.24, 2.45) is 5.92 Å². The Bertz CT molecular complexity index is 666. The maximum absolute atomic E-state index is 11.0. The lowest BCUT2D eigenvalue weighted by Gasteiger charge is -2.41. The highest BCUT2D eigenvalue weighted by atomic mass is 16.3. The van der Waals surface area contributed by atoms with Gasteiger partial charge < -0.3 is 10.4 Å². The average molecular weight is 312 g/mol. The van der Waals surface area contributed by atoms with Gasteiger partial charge >= 0.3 is 0 Å². The van der Waals surface area contributed by atoms with E-state index in [1.807, 2.05) is 72.6 Å². The Morgan fingerprint density at radius 1 is 1.17 bits per heavy atom. The van der Waals surface area contributed by atoms with Crippen molar-refractivity contribution in [2.75, 3.05) is 20.1 Å². The molecule has 1 heterocycles. The quantitative estimate of drug-likeness (QED) is 0.891. The van der Waals surface area contributed by atoms with E-state index in [-0.39, 0.29) is 6.04 Å². The van der Waals surface area contributed by atoms with Crippen LogP contribution in [0.3, 0.4) is 0 Å². The highest BCUT2D eigenvalue weighted by Gasteiger charge is 2.33. The fourth-order valence-corrected chi connectivity index (χ4v) is 3.24. The monoisotopic (exact) mass is 312 g/mol. The van der Waals surface area contributed by atoms with Crippen LogP contribution in [-0.4, -0.2) is 36.1 Å². The fraction of sp³-hybridized carbons (Fsp3) is 0.400. The topological polar surface area (TPSA) is 35.5 Å². The molecule has 3 rings (SSSR count). The summed E-state index contributed by atoms with van der Waals surface area (Å²) in [5, 5.41) is 14.2.